The maximum Gasteiger partial charge on any atom is 0.338 e. The van der Waals surface area contributed by atoms with Crippen LogP contribution in [0.1, 0.15) is 27.7 Å². The largest absolute Gasteiger partial charge is 0.422 e. The van der Waals surface area contributed by atoms with Crippen molar-refractivity contribution in [3.05, 3.63) is 96.4 Å². The van der Waals surface area contributed by atoms with Crippen LogP contribution in [0.25, 0.3) is 21.9 Å². The van der Waals surface area contributed by atoms with Crippen LogP contribution in [-0.4, -0.2) is 23.9 Å². The fourth-order valence-corrected chi connectivity index (χ4v) is 3.42. The molecule has 0 unspecified atom stereocenters. The molecular formula is C32H25F3O8. The first kappa shape index (κ1) is 32.1. The Labute approximate surface area is 244 Å². The molecule has 11 heteroatoms. The number of ether oxygens (including phenoxy) is 4. The van der Waals surface area contributed by atoms with Crippen molar-refractivity contribution in [3.63, 3.8) is 0 Å². The van der Waals surface area contributed by atoms with E-state index in [4.69, 9.17) is 18.9 Å². The van der Waals surface area contributed by atoms with Gasteiger partial charge in [-0.3, -0.25) is 0 Å². The van der Waals surface area contributed by atoms with Crippen molar-refractivity contribution in [2.45, 2.75) is 27.7 Å². The van der Waals surface area contributed by atoms with Crippen LogP contribution in [0.2, 0.25) is 0 Å². The van der Waals surface area contributed by atoms with E-state index in [0.717, 1.165) is 6.07 Å². The van der Waals surface area contributed by atoms with Crippen molar-refractivity contribution in [1.82, 2.24) is 0 Å². The van der Waals surface area contributed by atoms with E-state index in [1.165, 1.54) is 39.8 Å². The van der Waals surface area contributed by atoms with Crippen LogP contribution < -0.4 is 18.9 Å². The lowest BCUT2D eigenvalue weighted by atomic mass is 9.98. The molecule has 0 radical (unpaired) electrons. The van der Waals surface area contributed by atoms with E-state index in [2.05, 4.69) is 26.3 Å². The summed E-state index contributed by atoms with van der Waals surface area (Å²) in [6, 6.07) is 4.97. The molecule has 0 aromatic heterocycles. The molecule has 0 spiro atoms. The molecule has 0 atom stereocenters. The molecule has 3 aromatic rings. The van der Waals surface area contributed by atoms with Crippen molar-refractivity contribution in [3.8, 4) is 34.1 Å². The molecule has 0 saturated carbocycles. The fourth-order valence-electron chi connectivity index (χ4n) is 3.42. The number of carbonyl (C=O) groups excluding carboxylic acids is 4. The molecule has 43 heavy (non-hydrogen) atoms. The summed E-state index contributed by atoms with van der Waals surface area (Å²) in [7, 11) is 0. The summed E-state index contributed by atoms with van der Waals surface area (Å²) in [6.07, 6.45) is 0. The Morgan fingerprint density at radius 3 is 1.44 bits per heavy atom. The zero-order chi connectivity index (χ0) is 32.3. The van der Waals surface area contributed by atoms with Gasteiger partial charge in [0.05, 0.1) is 0 Å². The smallest absolute Gasteiger partial charge is 0.338 e. The summed E-state index contributed by atoms with van der Waals surface area (Å²) < 4.78 is 64.1. The minimum Gasteiger partial charge on any atom is -0.422 e. The lowest BCUT2D eigenvalue weighted by Crippen LogP contribution is -2.16. The predicted octanol–water partition coefficient (Wildman–Crippen LogP) is 6.85. The molecule has 0 aliphatic carbocycles. The summed E-state index contributed by atoms with van der Waals surface area (Å²) >= 11 is 0. The second-order valence-electron chi connectivity index (χ2n) is 9.50. The van der Waals surface area contributed by atoms with Gasteiger partial charge >= 0.3 is 23.9 Å². The standard InChI is InChI=1S/C32H25F3O8/c1-14(2)29(36)40-24-13-21-20(27(42-31(38)16(5)6)28(24)43-32(39)17(7)8)10-9-19(26(21)41-30(37)15(3)4)18-11-22(33)25(35)23(34)12-18/h9-13H,1,3,5,7H2,2,4,6,8H3. The molecule has 0 N–H and O–H groups in total. The van der Waals surface area contributed by atoms with E-state index in [0.29, 0.717) is 12.1 Å². The molecule has 0 bridgehead atoms. The number of halogens is 3. The summed E-state index contributed by atoms with van der Waals surface area (Å²) in [5.74, 6) is -10.6. The highest BCUT2D eigenvalue weighted by Gasteiger charge is 2.28. The third-order valence-corrected chi connectivity index (χ3v) is 5.62. The van der Waals surface area contributed by atoms with E-state index >= 15 is 0 Å². The average Bonchev–Trinajstić information content (AvgIpc) is 2.92. The minimum atomic E-state index is -1.73. The SMILES string of the molecule is C=C(C)C(=O)Oc1cc2c(OC(=O)C(=C)C)c(-c3cc(F)c(F)c(F)c3)ccc2c(OC(=O)C(=C)C)c1OC(=O)C(=C)C. The van der Waals surface area contributed by atoms with Gasteiger partial charge in [-0.25, -0.2) is 32.3 Å². The Bertz CT molecular complexity index is 1760. The van der Waals surface area contributed by atoms with Crippen LogP contribution in [-0.2, 0) is 19.2 Å². The molecule has 0 fully saturated rings. The third-order valence-electron chi connectivity index (χ3n) is 5.62. The Morgan fingerprint density at radius 1 is 0.558 bits per heavy atom. The monoisotopic (exact) mass is 594 g/mol. The van der Waals surface area contributed by atoms with Crippen molar-refractivity contribution < 1.29 is 51.3 Å². The van der Waals surface area contributed by atoms with Crippen molar-refractivity contribution in [2.24, 2.45) is 0 Å². The molecular weight excluding hydrogens is 569 g/mol. The van der Waals surface area contributed by atoms with Crippen LogP contribution in [0.3, 0.4) is 0 Å². The van der Waals surface area contributed by atoms with E-state index in [9.17, 15) is 32.3 Å². The highest BCUT2D eigenvalue weighted by molar-refractivity contribution is 6.06. The highest BCUT2D eigenvalue weighted by Crippen LogP contribution is 2.49. The van der Waals surface area contributed by atoms with E-state index in [-0.39, 0.29) is 49.9 Å². The average molecular weight is 595 g/mol. The first-order chi connectivity index (χ1) is 20.0. The van der Waals surface area contributed by atoms with Crippen LogP contribution in [0, 0.1) is 17.5 Å². The van der Waals surface area contributed by atoms with Gasteiger partial charge in [0.25, 0.3) is 0 Å². The number of carbonyl (C=O) groups is 4. The molecule has 0 amide bonds. The second kappa shape index (κ2) is 12.6. The van der Waals surface area contributed by atoms with Gasteiger partial charge in [-0.15, -0.1) is 0 Å². The number of hydrogen-bond acceptors (Lipinski definition) is 8. The van der Waals surface area contributed by atoms with Crippen LogP contribution in [0.5, 0.6) is 23.0 Å². The zero-order valence-corrected chi connectivity index (χ0v) is 23.6. The predicted molar refractivity (Wildman–Crippen MR) is 151 cm³/mol. The topological polar surface area (TPSA) is 105 Å². The number of benzene rings is 3. The Kier molecular flexibility index (Phi) is 9.40. The van der Waals surface area contributed by atoms with Gasteiger partial charge in [0.1, 0.15) is 5.75 Å². The Hall–Kier alpha value is -5.45. The minimum absolute atomic E-state index is 0.0504. The van der Waals surface area contributed by atoms with Gasteiger partial charge in [0.15, 0.2) is 29.0 Å². The van der Waals surface area contributed by atoms with Crippen LogP contribution in [0.15, 0.2) is 78.9 Å². The molecule has 3 rings (SSSR count). The summed E-state index contributed by atoms with van der Waals surface area (Å²) in [6.45, 7) is 19.4. The molecule has 8 nitrogen and oxygen atoms in total. The summed E-state index contributed by atoms with van der Waals surface area (Å²) in [5.41, 5.74) is -0.659. The maximum atomic E-state index is 14.2. The molecule has 3 aromatic carbocycles. The van der Waals surface area contributed by atoms with E-state index in [1.54, 1.807) is 0 Å². The lowest BCUT2D eigenvalue weighted by Gasteiger charge is -2.20. The van der Waals surface area contributed by atoms with Gasteiger partial charge < -0.3 is 18.9 Å². The number of fused-ring (bicyclic) bond motifs is 1. The molecule has 222 valence electrons. The Morgan fingerprint density at radius 2 is 0.977 bits per heavy atom. The maximum absolute atomic E-state index is 14.2. The number of rotatable bonds is 9. The van der Waals surface area contributed by atoms with Gasteiger partial charge in [-0.1, -0.05) is 26.3 Å². The Balaban J connectivity index is 2.56. The lowest BCUT2D eigenvalue weighted by molar-refractivity contribution is -0.133. The first-order valence-electron chi connectivity index (χ1n) is 12.3. The highest BCUT2D eigenvalue weighted by atomic mass is 19.2. The molecule has 0 heterocycles. The molecule has 0 saturated heterocycles. The van der Waals surface area contributed by atoms with Gasteiger partial charge in [0.2, 0.25) is 5.75 Å². The van der Waals surface area contributed by atoms with Crippen molar-refractivity contribution in [1.29, 1.82) is 0 Å². The zero-order valence-electron chi connectivity index (χ0n) is 23.6. The van der Waals surface area contributed by atoms with Gasteiger partial charge in [-0.05, 0) is 63.6 Å². The van der Waals surface area contributed by atoms with E-state index < -0.39 is 58.6 Å². The fraction of sp³-hybridized carbons (Fsp3) is 0.125. The quantitative estimate of drug-likeness (QED) is 0.115. The van der Waals surface area contributed by atoms with Crippen LogP contribution in [0.4, 0.5) is 13.2 Å². The van der Waals surface area contributed by atoms with Crippen LogP contribution >= 0.6 is 0 Å². The van der Waals surface area contributed by atoms with Crippen molar-refractivity contribution in [2.75, 3.05) is 0 Å². The number of hydrogen-bond donors (Lipinski definition) is 0. The summed E-state index contributed by atoms with van der Waals surface area (Å²) in [4.78, 5) is 50.6. The van der Waals surface area contributed by atoms with Crippen molar-refractivity contribution >= 4 is 34.6 Å². The third kappa shape index (κ3) is 6.89. The van der Waals surface area contributed by atoms with E-state index in [1.807, 2.05) is 0 Å². The first-order valence-corrected chi connectivity index (χ1v) is 12.3. The second-order valence-corrected chi connectivity index (χ2v) is 9.50. The molecule has 0 aliphatic rings. The summed E-state index contributed by atoms with van der Waals surface area (Å²) in [5, 5.41) is -0.174. The normalized spacial score (nSPS) is 10.5. The van der Waals surface area contributed by atoms with Gasteiger partial charge in [0, 0.05) is 38.6 Å². The molecule has 0 aliphatic heterocycles. The van der Waals surface area contributed by atoms with Gasteiger partial charge in [-0.2, -0.15) is 0 Å². The number of esters is 4.